The predicted octanol–water partition coefficient (Wildman–Crippen LogP) is 8.97. The second kappa shape index (κ2) is 16.9. The number of amides is 1. The number of carbonyl (C=O) groups is 1. The third-order valence-corrected chi connectivity index (χ3v) is 7.30. The van der Waals surface area contributed by atoms with Crippen molar-refractivity contribution >= 4 is 5.91 Å². The van der Waals surface area contributed by atoms with E-state index in [9.17, 15) is 4.79 Å². The first-order chi connectivity index (χ1) is 19.8. The molecule has 3 atom stereocenters. The van der Waals surface area contributed by atoms with E-state index in [0.29, 0.717) is 18.3 Å². The zero-order valence-corrected chi connectivity index (χ0v) is 24.6. The van der Waals surface area contributed by atoms with Crippen LogP contribution in [-0.4, -0.2) is 16.8 Å². The molecular weight excluding hydrogens is 486 g/mol. The Hall–Kier alpha value is -3.91. The van der Waals surface area contributed by atoms with Crippen LogP contribution in [0.3, 0.4) is 0 Å². The lowest BCUT2D eigenvalue weighted by Crippen LogP contribution is -2.49. The average Bonchev–Trinajstić information content (AvgIpc) is 3.03. The van der Waals surface area contributed by atoms with Gasteiger partial charge < -0.3 is 4.90 Å². The monoisotopic (exact) mass is 531 g/mol. The van der Waals surface area contributed by atoms with Crippen LogP contribution in [-0.2, 0) is 30.5 Å². The van der Waals surface area contributed by atoms with Gasteiger partial charge in [0.1, 0.15) is 0 Å². The minimum Gasteiger partial charge on any atom is -0.315 e. The van der Waals surface area contributed by atoms with Crippen molar-refractivity contribution < 1.29 is 4.79 Å². The summed E-state index contributed by atoms with van der Waals surface area (Å²) >= 11 is 0. The molecule has 2 heteroatoms. The molecule has 0 N–H and O–H groups in total. The molecule has 0 unspecified atom stereocenters. The third kappa shape index (κ3) is 8.81. The summed E-state index contributed by atoms with van der Waals surface area (Å²) < 4.78 is 0. The zero-order chi connectivity index (χ0) is 28.6. The average molecular weight is 532 g/mol. The normalized spacial score (nSPS) is 17.6. The Morgan fingerprint density at radius 2 is 0.950 bits per heavy atom. The zero-order valence-electron chi connectivity index (χ0n) is 24.6. The van der Waals surface area contributed by atoms with Gasteiger partial charge in [0.05, 0.1) is 6.42 Å². The van der Waals surface area contributed by atoms with E-state index >= 15 is 0 Å². The molecular formula is C38H45NO. The molecule has 2 nitrogen and oxygen atoms in total. The molecule has 0 saturated carbocycles. The highest BCUT2D eigenvalue weighted by molar-refractivity contribution is 5.80. The number of nitrogens with zero attached hydrogens (tertiary/aromatic N) is 1. The lowest BCUT2D eigenvalue weighted by molar-refractivity contribution is -0.131. The van der Waals surface area contributed by atoms with Crippen LogP contribution in [0, 0.1) is 11.8 Å². The smallest absolute Gasteiger partial charge is 0.231 e. The van der Waals surface area contributed by atoms with E-state index in [0.717, 1.165) is 24.8 Å². The molecule has 1 aliphatic heterocycles. The third-order valence-electron chi connectivity index (χ3n) is 7.30. The Kier molecular flexibility index (Phi) is 13.0. The van der Waals surface area contributed by atoms with Gasteiger partial charge in [-0.15, -0.1) is 0 Å². The highest BCUT2D eigenvalue weighted by Gasteiger charge is 2.37. The number of carbonyl (C=O) groups excluding carboxylic acids is 1. The lowest BCUT2D eigenvalue weighted by Gasteiger charge is -2.42. The van der Waals surface area contributed by atoms with Crippen molar-refractivity contribution in [2.24, 2.45) is 11.8 Å². The van der Waals surface area contributed by atoms with E-state index < -0.39 is 0 Å². The summed E-state index contributed by atoms with van der Waals surface area (Å²) in [6.45, 7) is 8.00. The molecule has 4 aromatic carbocycles. The molecule has 0 fully saturated rings. The molecule has 0 saturated heterocycles. The summed E-state index contributed by atoms with van der Waals surface area (Å²) in [6, 6.07) is 42.3. The molecule has 1 aliphatic rings. The number of rotatable bonds is 8. The molecule has 0 radical (unpaired) electrons. The highest BCUT2D eigenvalue weighted by atomic mass is 16.2. The standard InChI is InChI=1S/C34H33NO.2C2H6/c36-34(26-30-19-11-4-12-20-30)35-22-21-31(23-27-13-5-1-6-14-27)32(24-28-15-7-2-8-16-28)33(35)25-29-17-9-3-10-18-29;2*1-2/h1-22,31-33H,23-26H2;2*1-2H3/t31-,32-,33+;;/m1../s1. The van der Waals surface area contributed by atoms with E-state index in [4.69, 9.17) is 0 Å². The van der Waals surface area contributed by atoms with Gasteiger partial charge >= 0.3 is 0 Å². The van der Waals surface area contributed by atoms with Crippen LogP contribution in [0.1, 0.15) is 49.9 Å². The summed E-state index contributed by atoms with van der Waals surface area (Å²) in [5.74, 6) is 0.814. The molecule has 0 bridgehead atoms. The summed E-state index contributed by atoms with van der Waals surface area (Å²) in [4.78, 5) is 15.7. The van der Waals surface area contributed by atoms with Crippen LogP contribution in [0.4, 0.5) is 0 Å². The first kappa shape index (κ1) is 30.6. The number of hydrogen-bond acceptors (Lipinski definition) is 1. The summed E-state index contributed by atoms with van der Waals surface area (Å²) in [6.07, 6.45) is 7.53. The maximum atomic E-state index is 13.7. The summed E-state index contributed by atoms with van der Waals surface area (Å²) in [5.41, 5.74) is 4.99. The van der Waals surface area contributed by atoms with Crippen molar-refractivity contribution in [1.82, 2.24) is 4.90 Å². The second-order valence-electron chi connectivity index (χ2n) is 9.77. The lowest BCUT2D eigenvalue weighted by atomic mass is 9.74. The Labute approximate surface area is 242 Å². The SMILES string of the molecule is CC.CC.O=C(Cc1ccccc1)N1C=C[C@H](Cc2ccccc2)[C@@H](Cc2ccccc2)[C@@H]1Cc1ccccc1. The number of benzene rings is 4. The first-order valence-electron chi connectivity index (χ1n) is 14.9. The van der Waals surface area contributed by atoms with E-state index in [1.54, 1.807) is 0 Å². The van der Waals surface area contributed by atoms with Crippen molar-refractivity contribution in [3.8, 4) is 0 Å². The van der Waals surface area contributed by atoms with E-state index in [2.05, 4.69) is 103 Å². The number of hydrogen-bond donors (Lipinski definition) is 0. The van der Waals surface area contributed by atoms with Crippen LogP contribution < -0.4 is 0 Å². The molecule has 0 aliphatic carbocycles. The van der Waals surface area contributed by atoms with E-state index in [1.807, 2.05) is 62.9 Å². The van der Waals surface area contributed by atoms with Crippen LogP contribution in [0.2, 0.25) is 0 Å². The fraction of sp³-hybridized carbons (Fsp3) is 0.289. The van der Waals surface area contributed by atoms with Gasteiger partial charge in [-0.2, -0.15) is 0 Å². The molecule has 208 valence electrons. The highest BCUT2D eigenvalue weighted by Crippen LogP contribution is 2.35. The molecule has 0 aromatic heterocycles. The van der Waals surface area contributed by atoms with Gasteiger partial charge in [-0.05, 0) is 53.4 Å². The van der Waals surface area contributed by atoms with Gasteiger partial charge in [0.25, 0.3) is 0 Å². The van der Waals surface area contributed by atoms with Gasteiger partial charge in [0.2, 0.25) is 5.91 Å². The fourth-order valence-electron chi connectivity index (χ4n) is 5.46. The molecule has 1 amide bonds. The maximum Gasteiger partial charge on any atom is 0.231 e. The van der Waals surface area contributed by atoms with Crippen LogP contribution in [0.25, 0.3) is 0 Å². The predicted molar refractivity (Wildman–Crippen MR) is 170 cm³/mol. The van der Waals surface area contributed by atoms with Crippen LogP contribution in [0.5, 0.6) is 0 Å². The molecule has 40 heavy (non-hydrogen) atoms. The molecule has 5 rings (SSSR count). The van der Waals surface area contributed by atoms with Gasteiger partial charge in [-0.3, -0.25) is 4.79 Å². The van der Waals surface area contributed by atoms with Crippen molar-refractivity contribution in [3.63, 3.8) is 0 Å². The molecule has 4 aromatic rings. The van der Waals surface area contributed by atoms with E-state index in [1.165, 1.54) is 16.7 Å². The number of allylic oxidation sites excluding steroid dienone is 1. The molecule has 1 heterocycles. The first-order valence-corrected chi connectivity index (χ1v) is 14.9. The van der Waals surface area contributed by atoms with Crippen LogP contribution in [0.15, 0.2) is 134 Å². The van der Waals surface area contributed by atoms with Gasteiger partial charge in [0.15, 0.2) is 0 Å². The van der Waals surface area contributed by atoms with Crippen molar-refractivity contribution in [2.75, 3.05) is 0 Å². The molecule has 0 spiro atoms. The fourth-order valence-corrected chi connectivity index (χ4v) is 5.46. The van der Waals surface area contributed by atoms with Crippen molar-refractivity contribution in [1.29, 1.82) is 0 Å². The maximum absolute atomic E-state index is 13.7. The summed E-state index contributed by atoms with van der Waals surface area (Å²) in [5, 5.41) is 0. The van der Waals surface area contributed by atoms with Crippen molar-refractivity contribution in [3.05, 3.63) is 156 Å². The minimum atomic E-state index is 0.0857. The van der Waals surface area contributed by atoms with Gasteiger partial charge in [-0.25, -0.2) is 0 Å². The second-order valence-corrected chi connectivity index (χ2v) is 9.77. The summed E-state index contributed by atoms with van der Waals surface area (Å²) in [7, 11) is 0. The van der Waals surface area contributed by atoms with Gasteiger partial charge in [0, 0.05) is 12.2 Å². The van der Waals surface area contributed by atoms with Gasteiger partial charge in [-0.1, -0.05) is 155 Å². The topological polar surface area (TPSA) is 20.3 Å². The largest absolute Gasteiger partial charge is 0.315 e. The van der Waals surface area contributed by atoms with Crippen molar-refractivity contribution in [2.45, 2.75) is 59.4 Å². The Morgan fingerprint density at radius 1 is 0.550 bits per heavy atom. The Morgan fingerprint density at radius 3 is 1.43 bits per heavy atom. The Balaban J connectivity index is 0.00000106. The quantitative estimate of drug-likeness (QED) is 0.222. The van der Waals surface area contributed by atoms with E-state index in [-0.39, 0.29) is 11.9 Å². The Bertz CT molecular complexity index is 1250. The minimum absolute atomic E-state index is 0.0857. The van der Waals surface area contributed by atoms with Crippen LogP contribution >= 0.6 is 0 Å².